The van der Waals surface area contributed by atoms with Crippen LogP contribution in [0.5, 0.6) is 0 Å². The largest absolute Gasteiger partial charge is 0.481 e. The molecule has 0 aliphatic carbocycles. The Labute approximate surface area is 163 Å². The number of aliphatic carboxylic acids is 1. The number of carboxylic acid groups (broad SMARTS) is 1. The van der Waals surface area contributed by atoms with Gasteiger partial charge in [0.1, 0.15) is 0 Å². The zero-order valence-corrected chi connectivity index (χ0v) is 17.5. The van der Waals surface area contributed by atoms with E-state index in [1.807, 2.05) is 0 Å². The average molecular weight is 371 g/mol. The summed E-state index contributed by atoms with van der Waals surface area (Å²) in [6.45, 7) is 2.28. The van der Waals surface area contributed by atoms with E-state index in [2.05, 4.69) is 6.92 Å². The smallest absolute Gasteiger partial charge is 0.303 e. The van der Waals surface area contributed by atoms with Crippen LogP contribution in [0.3, 0.4) is 0 Å². The molecule has 0 amide bonds. The molecule has 0 radical (unpaired) electrons. The topological polar surface area (TPSA) is 57.5 Å². The van der Waals surface area contributed by atoms with Crippen LogP contribution in [0.15, 0.2) is 0 Å². The molecule has 0 saturated carbocycles. The third-order valence-corrected chi connectivity index (χ3v) is 5.32. The molecule has 1 atom stereocenters. The van der Waals surface area contributed by atoms with Gasteiger partial charge in [0, 0.05) is 6.42 Å². The van der Waals surface area contributed by atoms with E-state index in [-0.39, 0.29) is 12.5 Å². The molecule has 0 spiro atoms. The Morgan fingerprint density at radius 2 is 0.962 bits per heavy atom. The summed E-state index contributed by atoms with van der Waals surface area (Å²) < 4.78 is 0. The Hall–Kier alpha value is -0.570. The Balaban J connectivity index is 3.10. The zero-order valence-electron chi connectivity index (χ0n) is 17.5. The van der Waals surface area contributed by atoms with Crippen molar-refractivity contribution in [3.63, 3.8) is 0 Å². The zero-order chi connectivity index (χ0) is 19.3. The van der Waals surface area contributed by atoms with Gasteiger partial charge in [-0.15, -0.1) is 0 Å². The molecule has 0 heterocycles. The van der Waals surface area contributed by atoms with Gasteiger partial charge in [0.2, 0.25) is 0 Å². The van der Waals surface area contributed by atoms with Gasteiger partial charge in [-0.2, -0.15) is 0 Å². The number of hydrogen-bond acceptors (Lipinski definition) is 2. The molecule has 3 heteroatoms. The van der Waals surface area contributed by atoms with E-state index in [0.29, 0.717) is 12.8 Å². The first-order chi connectivity index (χ1) is 12.7. The van der Waals surface area contributed by atoms with Gasteiger partial charge in [-0.1, -0.05) is 110 Å². The highest BCUT2D eigenvalue weighted by Crippen LogP contribution is 2.15. The van der Waals surface area contributed by atoms with Crippen molar-refractivity contribution in [2.75, 3.05) is 0 Å². The van der Waals surface area contributed by atoms with E-state index in [4.69, 9.17) is 5.11 Å². The maximum atomic E-state index is 10.4. The van der Waals surface area contributed by atoms with Gasteiger partial charge in [-0.25, -0.2) is 0 Å². The van der Waals surface area contributed by atoms with E-state index in [9.17, 15) is 9.90 Å². The Morgan fingerprint density at radius 3 is 1.35 bits per heavy atom. The third kappa shape index (κ3) is 21.5. The Morgan fingerprint density at radius 1 is 0.615 bits per heavy atom. The molecule has 1 unspecified atom stereocenters. The summed E-state index contributed by atoms with van der Waals surface area (Å²) >= 11 is 0. The SMILES string of the molecule is CCCCCCCCCCCCCCCCCCC(O)CCCC(=O)O. The minimum atomic E-state index is -0.764. The second kappa shape index (κ2) is 20.7. The highest BCUT2D eigenvalue weighted by Gasteiger charge is 2.05. The summed E-state index contributed by atoms with van der Waals surface area (Å²) in [7, 11) is 0. The van der Waals surface area contributed by atoms with Crippen LogP contribution >= 0.6 is 0 Å². The molecule has 0 aromatic rings. The molecule has 0 aromatic heterocycles. The number of carbonyl (C=O) groups is 1. The van der Waals surface area contributed by atoms with Gasteiger partial charge in [0.15, 0.2) is 0 Å². The standard InChI is InChI=1S/C23H46O3/c1-2-3-4-5-6-7-8-9-10-11-12-13-14-15-16-17-19-22(24)20-18-21-23(25)26/h22,24H,2-21H2,1H3,(H,25,26). The lowest BCUT2D eigenvalue weighted by Gasteiger charge is -2.09. The highest BCUT2D eigenvalue weighted by atomic mass is 16.4. The van der Waals surface area contributed by atoms with Crippen molar-refractivity contribution in [1.82, 2.24) is 0 Å². The molecule has 0 fully saturated rings. The number of unbranched alkanes of at least 4 members (excludes halogenated alkanes) is 15. The predicted octanol–water partition coefficient (Wildman–Crippen LogP) is 7.25. The highest BCUT2D eigenvalue weighted by molar-refractivity contribution is 5.66. The van der Waals surface area contributed by atoms with E-state index in [1.54, 1.807) is 0 Å². The van der Waals surface area contributed by atoms with Crippen LogP contribution in [0.2, 0.25) is 0 Å². The van der Waals surface area contributed by atoms with Crippen molar-refractivity contribution in [3.05, 3.63) is 0 Å². The second-order valence-corrected chi connectivity index (χ2v) is 8.03. The fourth-order valence-corrected chi connectivity index (χ4v) is 3.56. The second-order valence-electron chi connectivity index (χ2n) is 8.03. The van der Waals surface area contributed by atoms with Crippen LogP contribution < -0.4 is 0 Å². The molecule has 0 aliphatic heterocycles. The maximum absolute atomic E-state index is 10.4. The fraction of sp³-hybridized carbons (Fsp3) is 0.957. The van der Waals surface area contributed by atoms with Gasteiger partial charge in [-0.3, -0.25) is 4.79 Å². The summed E-state index contributed by atoms with van der Waals surface area (Å²) in [5, 5.41) is 18.4. The van der Waals surface area contributed by atoms with Gasteiger partial charge in [-0.05, 0) is 19.3 Å². The number of aliphatic hydroxyl groups excluding tert-OH is 1. The van der Waals surface area contributed by atoms with E-state index in [1.165, 1.54) is 96.3 Å². The summed E-state index contributed by atoms with van der Waals surface area (Å²) in [4.78, 5) is 10.4. The maximum Gasteiger partial charge on any atom is 0.303 e. The van der Waals surface area contributed by atoms with Crippen LogP contribution in [0, 0.1) is 0 Å². The lowest BCUT2D eigenvalue weighted by molar-refractivity contribution is -0.137. The van der Waals surface area contributed by atoms with Gasteiger partial charge in [0.25, 0.3) is 0 Å². The normalized spacial score (nSPS) is 12.4. The van der Waals surface area contributed by atoms with Crippen molar-refractivity contribution < 1.29 is 15.0 Å². The Kier molecular flexibility index (Phi) is 20.3. The minimum Gasteiger partial charge on any atom is -0.481 e. The van der Waals surface area contributed by atoms with Crippen LogP contribution in [0.25, 0.3) is 0 Å². The molecular formula is C23H46O3. The summed E-state index contributed by atoms with van der Waals surface area (Å²) in [5.41, 5.74) is 0. The lowest BCUT2D eigenvalue weighted by Crippen LogP contribution is -2.07. The molecule has 0 bridgehead atoms. The number of carboxylic acids is 1. The molecule has 26 heavy (non-hydrogen) atoms. The van der Waals surface area contributed by atoms with Crippen molar-refractivity contribution >= 4 is 5.97 Å². The van der Waals surface area contributed by atoms with Crippen molar-refractivity contribution in [2.24, 2.45) is 0 Å². The quantitative estimate of drug-likeness (QED) is 0.209. The molecular weight excluding hydrogens is 324 g/mol. The van der Waals surface area contributed by atoms with Crippen molar-refractivity contribution in [1.29, 1.82) is 0 Å². The summed E-state index contributed by atoms with van der Waals surface area (Å²) in [5.74, 6) is -0.764. The molecule has 0 rings (SSSR count). The molecule has 156 valence electrons. The van der Waals surface area contributed by atoms with Crippen LogP contribution in [0.4, 0.5) is 0 Å². The van der Waals surface area contributed by atoms with Gasteiger partial charge < -0.3 is 10.2 Å². The first-order valence-corrected chi connectivity index (χ1v) is 11.6. The average Bonchev–Trinajstić information content (AvgIpc) is 2.61. The van der Waals surface area contributed by atoms with Crippen LogP contribution in [0.1, 0.15) is 135 Å². The Bertz CT molecular complexity index is 291. The third-order valence-electron chi connectivity index (χ3n) is 5.32. The first-order valence-electron chi connectivity index (χ1n) is 11.6. The van der Waals surface area contributed by atoms with Crippen LogP contribution in [-0.2, 0) is 4.79 Å². The number of aliphatic hydroxyl groups is 1. The predicted molar refractivity (Wildman–Crippen MR) is 112 cm³/mol. The van der Waals surface area contributed by atoms with Gasteiger partial charge in [0.05, 0.1) is 6.10 Å². The van der Waals surface area contributed by atoms with Crippen molar-refractivity contribution in [2.45, 2.75) is 141 Å². The molecule has 3 nitrogen and oxygen atoms in total. The van der Waals surface area contributed by atoms with Crippen LogP contribution in [-0.4, -0.2) is 22.3 Å². The van der Waals surface area contributed by atoms with Crippen molar-refractivity contribution in [3.8, 4) is 0 Å². The van der Waals surface area contributed by atoms with E-state index in [0.717, 1.165) is 12.8 Å². The lowest BCUT2D eigenvalue weighted by atomic mass is 10.0. The number of rotatable bonds is 21. The molecule has 0 aromatic carbocycles. The fourth-order valence-electron chi connectivity index (χ4n) is 3.56. The van der Waals surface area contributed by atoms with Gasteiger partial charge >= 0.3 is 5.97 Å². The molecule has 0 saturated heterocycles. The summed E-state index contributed by atoms with van der Waals surface area (Å²) in [6.07, 6.45) is 23.7. The molecule has 0 aliphatic rings. The minimum absolute atomic E-state index is 0.177. The molecule has 2 N–H and O–H groups in total. The van der Waals surface area contributed by atoms with E-state index < -0.39 is 5.97 Å². The number of hydrogen-bond donors (Lipinski definition) is 2. The first kappa shape index (κ1) is 25.4. The monoisotopic (exact) mass is 370 g/mol. The van der Waals surface area contributed by atoms with E-state index >= 15 is 0 Å². The summed E-state index contributed by atoms with van der Waals surface area (Å²) in [6, 6.07) is 0.